The lowest BCUT2D eigenvalue weighted by atomic mass is 10.0. The van der Waals surface area contributed by atoms with Crippen molar-refractivity contribution < 1.29 is 18.6 Å². The van der Waals surface area contributed by atoms with Crippen LogP contribution < -0.4 is 20.1 Å². The van der Waals surface area contributed by atoms with Crippen LogP contribution in [0.25, 0.3) is 0 Å². The Kier molecular flexibility index (Phi) is 8.25. The first-order valence-electron chi connectivity index (χ1n) is 11.3. The number of fused-ring (bicyclic) bond motifs is 1. The van der Waals surface area contributed by atoms with Gasteiger partial charge in [0, 0.05) is 24.9 Å². The van der Waals surface area contributed by atoms with E-state index in [9.17, 15) is 0 Å². The smallest absolute Gasteiger partial charge is 0.191 e. The number of rotatable bonds is 10. The summed E-state index contributed by atoms with van der Waals surface area (Å²) in [6.45, 7) is 3.02. The van der Waals surface area contributed by atoms with Crippen LogP contribution in [0.3, 0.4) is 0 Å². The summed E-state index contributed by atoms with van der Waals surface area (Å²) in [5.41, 5.74) is 2.26. The Morgan fingerprint density at radius 2 is 1.97 bits per heavy atom. The predicted molar refractivity (Wildman–Crippen MR) is 128 cm³/mol. The minimum absolute atomic E-state index is 0.144. The van der Waals surface area contributed by atoms with Crippen LogP contribution in [0.2, 0.25) is 0 Å². The molecule has 174 valence electrons. The van der Waals surface area contributed by atoms with Crippen molar-refractivity contribution >= 4 is 5.96 Å². The minimum atomic E-state index is 0.144. The van der Waals surface area contributed by atoms with Gasteiger partial charge in [-0.3, -0.25) is 4.99 Å². The highest BCUT2D eigenvalue weighted by Gasteiger charge is 2.21. The third-order valence-corrected chi connectivity index (χ3v) is 5.45. The molecule has 2 aromatic carbocycles. The fourth-order valence-corrected chi connectivity index (χ4v) is 3.70. The Bertz CT molecular complexity index is 1000. The van der Waals surface area contributed by atoms with Crippen LogP contribution in [0.4, 0.5) is 0 Å². The third-order valence-electron chi connectivity index (χ3n) is 5.45. The Morgan fingerprint density at radius 1 is 1.09 bits per heavy atom. The Labute approximate surface area is 194 Å². The standard InChI is InChI=1S/C26H31N3O4/c1-30-21-10-8-20(9-11-21)19-31-18-15-28-26(27-14-12-22-5-4-16-32-22)29-24-13-17-33-25-7-3-2-6-23(24)25/h2-11,16,24H,12-15,17-19H2,1H3,(H2,27,28,29). The Morgan fingerprint density at radius 3 is 2.79 bits per heavy atom. The lowest BCUT2D eigenvalue weighted by Gasteiger charge is -2.28. The van der Waals surface area contributed by atoms with E-state index in [0.717, 1.165) is 53.7 Å². The number of methoxy groups -OCH3 is 1. The average Bonchev–Trinajstić information content (AvgIpc) is 3.38. The first-order chi connectivity index (χ1) is 16.3. The van der Waals surface area contributed by atoms with Crippen molar-refractivity contribution in [3.8, 4) is 11.5 Å². The van der Waals surface area contributed by atoms with Gasteiger partial charge in [-0.05, 0) is 35.9 Å². The molecule has 4 rings (SSSR count). The fraction of sp³-hybridized carbons (Fsp3) is 0.346. The topological polar surface area (TPSA) is 77.2 Å². The van der Waals surface area contributed by atoms with Crippen LogP contribution in [0.15, 0.2) is 76.3 Å². The van der Waals surface area contributed by atoms with E-state index in [-0.39, 0.29) is 6.04 Å². The maximum atomic E-state index is 5.81. The zero-order chi connectivity index (χ0) is 22.7. The molecule has 2 N–H and O–H groups in total. The summed E-state index contributed by atoms with van der Waals surface area (Å²) in [7, 11) is 1.66. The monoisotopic (exact) mass is 449 g/mol. The number of nitrogens with zero attached hydrogens (tertiary/aromatic N) is 1. The molecule has 2 heterocycles. The first kappa shape index (κ1) is 22.7. The van der Waals surface area contributed by atoms with Crippen molar-refractivity contribution in [1.29, 1.82) is 0 Å². The van der Waals surface area contributed by atoms with Crippen molar-refractivity contribution in [2.45, 2.75) is 25.5 Å². The number of ether oxygens (including phenoxy) is 3. The fourth-order valence-electron chi connectivity index (χ4n) is 3.70. The van der Waals surface area contributed by atoms with Crippen LogP contribution in [-0.2, 0) is 17.8 Å². The molecular weight excluding hydrogens is 418 g/mol. The second kappa shape index (κ2) is 12.0. The van der Waals surface area contributed by atoms with Crippen LogP contribution in [0, 0.1) is 0 Å². The van der Waals surface area contributed by atoms with E-state index >= 15 is 0 Å². The van der Waals surface area contributed by atoms with Gasteiger partial charge in [0.1, 0.15) is 17.3 Å². The van der Waals surface area contributed by atoms with Crippen LogP contribution in [0.1, 0.15) is 29.3 Å². The molecule has 7 heteroatoms. The van der Waals surface area contributed by atoms with Gasteiger partial charge in [0.15, 0.2) is 5.96 Å². The normalized spacial score (nSPS) is 15.4. The molecule has 33 heavy (non-hydrogen) atoms. The lowest BCUT2D eigenvalue weighted by Crippen LogP contribution is -2.42. The van der Waals surface area contributed by atoms with Crippen LogP contribution in [-0.4, -0.2) is 39.4 Å². The highest BCUT2D eigenvalue weighted by atomic mass is 16.5. The molecule has 1 aliphatic rings. The molecule has 3 aromatic rings. The van der Waals surface area contributed by atoms with Crippen molar-refractivity contribution in [3.63, 3.8) is 0 Å². The van der Waals surface area contributed by atoms with Gasteiger partial charge < -0.3 is 29.3 Å². The molecule has 1 unspecified atom stereocenters. The molecule has 0 saturated carbocycles. The van der Waals surface area contributed by atoms with E-state index < -0.39 is 0 Å². The van der Waals surface area contributed by atoms with Gasteiger partial charge >= 0.3 is 0 Å². The maximum Gasteiger partial charge on any atom is 0.191 e. The largest absolute Gasteiger partial charge is 0.497 e. The molecule has 0 spiro atoms. The van der Waals surface area contributed by atoms with E-state index in [2.05, 4.69) is 16.7 Å². The SMILES string of the molecule is COc1ccc(COCCN=C(NCCc2ccco2)NC2CCOc3ccccc32)cc1. The van der Waals surface area contributed by atoms with Crippen molar-refractivity contribution in [2.24, 2.45) is 4.99 Å². The molecule has 7 nitrogen and oxygen atoms in total. The lowest BCUT2D eigenvalue weighted by molar-refractivity contribution is 0.128. The van der Waals surface area contributed by atoms with E-state index in [0.29, 0.717) is 26.4 Å². The van der Waals surface area contributed by atoms with Crippen molar-refractivity contribution in [3.05, 3.63) is 83.8 Å². The summed E-state index contributed by atoms with van der Waals surface area (Å²) < 4.78 is 22.2. The van der Waals surface area contributed by atoms with Gasteiger partial charge in [-0.2, -0.15) is 0 Å². The van der Waals surface area contributed by atoms with E-state index in [1.165, 1.54) is 0 Å². The third kappa shape index (κ3) is 6.76. The van der Waals surface area contributed by atoms with Gasteiger partial charge in [0.25, 0.3) is 0 Å². The first-order valence-corrected chi connectivity index (χ1v) is 11.3. The number of para-hydroxylation sites is 1. The zero-order valence-corrected chi connectivity index (χ0v) is 19.0. The minimum Gasteiger partial charge on any atom is -0.497 e. The van der Waals surface area contributed by atoms with Crippen molar-refractivity contribution in [2.75, 3.05) is 33.4 Å². The van der Waals surface area contributed by atoms with E-state index in [4.69, 9.17) is 23.6 Å². The maximum absolute atomic E-state index is 5.81. The summed E-state index contributed by atoms with van der Waals surface area (Å²) in [5, 5.41) is 7.00. The second-order valence-corrected chi connectivity index (χ2v) is 7.76. The summed E-state index contributed by atoms with van der Waals surface area (Å²) in [5.74, 6) is 3.48. The number of guanidine groups is 1. The van der Waals surface area contributed by atoms with E-state index in [1.807, 2.05) is 54.6 Å². The van der Waals surface area contributed by atoms with Gasteiger partial charge in [0.05, 0.1) is 45.8 Å². The number of aliphatic imine (C=N–C) groups is 1. The summed E-state index contributed by atoms with van der Waals surface area (Å²) in [6.07, 6.45) is 3.36. The van der Waals surface area contributed by atoms with Crippen LogP contribution >= 0.6 is 0 Å². The Balaban J connectivity index is 1.32. The zero-order valence-electron chi connectivity index (χ0n) is 19.0. The average molecular weight is 450 g/mol. The highest BCUT2D eigenvalue weighted by Crippen LogP contribution is 2.31. The van der Waals surface area contributed by atoms with Gasteiger partial charge in [-0.1, -0.05) is 30.3 Å². The molecule has 0 radical (unpaired) electrons. The summed E-state index contributed by atoms with van der Waals surface area (Å²) >= 11 is 0. The van der Waals surface area contributed by atoms with Gasteiger partial charge in [0.2, 0.25) is 0 Å². The number of benzene rings is 2. The predicted octanol–water partition coefficient (Wildman–Crippen LogP) is 4.11. The molecule has 1 atom stereocenters. The number of hydrogen-bond donors (Lipinski definition) is 2. The molecule has 1 aromatic heterocycles. The van der Waals surface area contributed by atoms with Gasteiger partial charge in [-0.25, -0.2) is 0 Å². The van der Waals surface area contributed by atoms with Crippen molar-refractivity contribution in [1.82, 2.24) is 10.6 Å². The number of hydrogen-bond acceptors (Lipinski definition) is 5. The molecule has 0 fully saturated rings. The molecule has 0 bridgehead atoms. The second-order valence-electron chi connectivity index (χ2n) is 7.76. The number of nitrogens with one attached hydrogen (secondary N) is 2. The van der Waals surface area contributed by atoms with Gasteiger partial charge in [-0.15, -0.1) is 0 Å². The number of furan rings is 1. The van der Waals surface area contributed by atoms with E-state index in [1.54, 1.807) is 13.4 Å². The highest BCUT2D eigenvalue weighted by molar-refractivity contribution is 5.80. The quantitative estimate of drug-likeness (QED) is 0.276. The van der Waals surface area contributed by atoms with Crippen LogP contribution in [0.5, 0.6) is 11.5 Å². The molecule has 1 aliphatic heterocycles. The molecular formula is C26H31N3O4. The summed E-state index contributed by atoms with van der Waals surface area (Å²) in [6, 6.07) is 20.1. The summed E-state index contributed by atoms with van der Waals surface area (Å²) in [4.78, 5) is 4.75. The molecule has 0 amide bonds. The molecule has 0 saturated heterocycles. The molecule has 0 aliphatic carbocycles. The Hall–Kier alpha value is -3.45.